The van der Waals surface area contributed by atoms with Crippen LogP contribution in [0.4, 0.5) is 0 Å². The molecule has 13 heavy (non-hydrogen) atoms. The molecule has 70 valence electrons. The predicted octanol–water partition coefficient (Wildman–Crippen LogP) is 1.91. The zero-order valence-electron chi connectivity index (χ0n) is 7.82. The fraction of sp³-hybridized carbons (Fsp3) is 0.455. The molecule has 0 radical (unpaired) electrons. The van der Waals surface area contributed by atoms with Crippen LogP contribution in [0.5, 0.6) is 0 Å². The van der Waals surface area contributed by atoms with Crippen LogP contribution in [-0.4, -0.2) is 19.3 Å². The first-order valence-corrected chi connectivity index (χ1v) is 4.59. The van der Waals surface area contributed by atoms with Gasteiger partial charge in [0.1, 0.15) is 6.10 Å². The summed E-state index contributed by atoms with van der Waals surface area (Å²) < 4.78 is 10.5. The number of epoxide rings is 1. The van der Waals surface area contributed by atoms with Gasteiger partial charge in [-0.3, -0.25) is 0 Å². The zero-order chi connectivity index (χ0) is 9.10. The Labute approximate surface area is 78.5 Å². The van der Waals surface area contributed by atoms with Gasteiger partial charge in [-0.1, -0.05) is 29.8 Å². The number of ether oxygens (including phenoxy) is 2. The van der Waals surface area contributed by atoms with Gasteiger partial charge in [-0.25, -0.2) is 0 Å². The van der Waals surface area contributed by atoms with Crippen LogP contribution in [0.15, 0.2) is 24.3 Å². The summed E-state index contributed by atoms with van der Waals surface area (Å²) >= 11 is 0. The summed E-state index contributed by atoms with van der Waals surface area (Å²) in [4.78, 5) is 0. The highest BCUT2D eigenvalue weighted by Gasteiger charge is 2.21. The van der Waals surface area contributed by atoms with Crippen molar-refractivity contribution in [2.24, 2.45) is 0 Å². The summed E-state index contributed by atoms with van der Waals surface area (Å²) in [5, 5.41) is 0. The second-order valence-electron chi connectivity index (χ2n) is 3.46. The molecule has 1 heterocycles. The Morgan fingerprint density at radius 3 is 2.69 bits per heavy atom. The van der Waals surface area contributed by atoms with Crippen molar-refractivity contribution in [1.29, 1.82) is 0 Å². The summed E-state index contributed by atoms with van der Waals surface area (Å²) in [5.41, 5.74) is 2.51. The Morgan fingerprint density at radius 2 is 2.08 bits per heavy atom. The molecule has 0 spiro atoms. The number of hydrogen-bond donors (Lipinski definition) is 0. The molecule has 0 amide bonds. The van der Waals surface area contributed by atoms with E-state index < -0.39 is 0 Å². The van der Waals surface area contributed by atoms with E-state index in [0.717, 1.165) is 13.2 Å². The van der Waals surface area contributed by atoms with Gasteiger partial charge in [-0.05, 0) is 12.5 Å². The van der Waals surface area contributed by atoms with Gasteiger partial charge in [0, 0.05) is 0 Å². The smallest absolute Gasteiger partial charge is 0.104 e. The van der Waals surface area contributed by atoms with Crippen molar-refractivity contribution in [3.63, 3.8) is 0 Å². The number of benzene rings is 1. The third-order valence-electron chi connectivity index (χ3n) is 2.10. The quantitative estimate of drug-likeness (QED) is 0.657. The average molecular weight is 178 g/mol. The first-order chi connectivity index (χ1) is 6.34. The topological polar surface area (TPSA) is 21.8 Å². The monoisotopic (exact) mass is 178 g/mol. The Balaban J connectivity index is 1.76. The van der Waals surface area contributed by atoms with E-state index in [4.69, 9.17) is 9.47 Å². The Hall–Kier alpha value is -0.860. The SMILES string of the molecule is Cc1ccc(COC[C@@H]2CO2)cc1. The average Bonchev–Trinajstić information content (AvgIpc) is 2.92. The molecule has 1 aliphatic rings. The van der Waals surface area contributed by atoms with Crippen LogP contribution in [0.3, 0.4) is 0 Å². The minimum atomic E-state index is 0.366. The molecule has 0 unspecified atom stereocenters. The van der Waals surface area contributed by atoms with Crippen molar-refractivity contribution in [2.45, 2.75) is 19.6 Å². The van der Waals surface area contributed by atoms with Crippen LogP contribution in [0.1, 0.15) is 11.1 Å². The van der Waals surface area contributed by atoms with Gasteiger partial charge >= 0.3 is 0 Å². The number of aryl methyl sites for hydroxylation is 1. The first kappa shape index (κ1) is 8.73. The van der Waals surface area contributed by atoms with Gasteiger partial charge in [-0.15, -0.1) is 0 Å². The van der Waals surface area contributed by atoms with Crippen LogP contribution in [0, 0.1) is 6.92 Å². The molecule has 2 heteroatoms. The van der Waals surface area contributed by atoms with E-state index in [9.17, 15) is 0 Å². The van der Waals surface area contributed by atoms with Crippen LogP contribution >= 0.6 is 0 Å². The van der Waals surface area contributed by atoms with Crippen molar-refractivity contribution in [3.05, 3.63) is 35.4 Å². The molecule has 0 saturated carbocycles. The molecule has 1 fully saturated rings. The summed E-state index contributed by atoms with van der Waals surface area (Å²) in [6.07, 6.45) is 0.366. The summed E-state index contributed by atoms with van der Waals surface area (Å²) in [6.45, 7) is 4.38. The molecule has 2 nitrogen and oxygen atoms in total. The minimum Gasteiger partial charge on any atom is -0.374 e. The van der Waals surface area contributed by atoms with E-state index in [1.807, 2.05) is 0 Å². The Kier molecular flexibility index (Phi) is 2.62. The zero-order valence-corrected chi connectivity index (χ0v) is 7.82. The van der Waals surface area contributed by atoms with Gasteiger partial charge in [0.05, 0.1) is 19.8 Å². The molecule has 2 rings (SSSR count). The van der Waals surface area contributed by atoms with Crippen LogP contribution in [-0.2, 0) is 16.1 Å². The van der Waals surface area contributed by atoms with E-state index in [0.29, 0.717) is 12.7 Å². The second-order valence-corrected chi connectivity index (χ2v) is 3.46. The maximum atomic E-state index is 5.46. The largest absolute Gasteiger partial charge is 0.374 e. The third kappa shape index (κ3) is 2.83. The highest BCUT2D eigenvalue weighted by molar-refractivity contribution is 5.20. The molecule has 0 bridgehead atoms. The summed E-state index contributed by atoms with van der Waals surface area (Å²) in [5.74, 6) is 0. The second kappa shape index (κ2) is 3.90. The molecule has 1 saturated heterocycles. The van der Waals surface area contributed by atoms with E-state index in [1.54, 1.807) is 0 Å². The van der Waals surface area contributed by atoms with Crippen molar-refractivity contribution in [3.8, 4) is 0 Å². The van der Waals surface area contributed by atoms with Crippen molar-refractivity contribution in [2.75, 3.05) is 13.2 Å². The van der Waals surface area contributed by atoms with Crippen LogP contribution in [0.2, 0.25) is 0 Å². The molecular formula is C11H14O2. The van der Waals surface area contributed by atoms with E-state index in [1.165, 1.54) is 11.1 Å². The molecule has 0 N–H and O–H groups in total. The minimum absolute atomic E-state index is 0.366. The lowest BCUT2D eigenvalue weighted by atomic mass is 10.2. The van der Waals surface area contributed by atoms with Crippen molar-refractivity contribution >= 4 is 0 Å². The third-order valence-corrected chi connectivity index (χ3v) is 2.10. The molecule has 1 atom stereocenters. The summed E-state index contributed by atoms with van der Waals surface area (Å²) in [6, 6.07) is 8.41. The molecule has 0 aliphatic carbocycles. The molecule has 1 aromatic rings. The predicted molar refractivity (Wildman–Crippen MR) is 50.6 cm³/mol. The highest BCUT2D eigenvalue weighted by atomic mass is 16.6. The lowest BCUT2D eigenvalue weighted by Gasteiger charge is -2.02. The number of hydrogen-bond acceptors (Lipinski definition) is 2. The fourth-order valence-corrected chi connectivity index (χ4v) is 1.16. The molecule has 1 aromatic carbocycles. The standard InChI is InChI=1S/C11H14O2/c1-9-2-4-10(5-3-9)6-12-7-11-8-13-11/h2-5,11H,6-8H2,1H3/t11-/m1/s1. The van der Waals surface area contributed by atoms with E-state index >= 15 is 0 Å². The first-order valence-electron chi connectivity index (χ1n) is 4.59. The lowest BCUT2D eigenvalue weighted by molar-refractivity contribution is 0.104. The highest BCUT2D eigenvalue weighted by Crippen LogP contribution is 2.10. The maximum Gasteiger partial charge on any atom is 0.104 e. The van der Waals surface area contributed by atoms with Gasteiger partial charge in [0.15, 0.2) is 0 Å². The molecule has 0 aromatic heterocycles. The van der Waals surface area contributed by atoms with Crippen molar-refractivity contribution in [1.82, 2.24) is 0 Å². The van der Waals surface area contributed by atoms with Gasteiger partial charge < -0.3 is 9.47 Å². The van der Waals surface area contributed by atoms with E-state index in [2.05, 4.69) is 31.2 Å². The Morgan fingerprint density at radius 1 is 1.38 bits per heavy atom. The maximum absolute atomic E-state index is 5.46. The van der Waals surface area contributed by atoms with Gasteiger partial charge in [0.25, 0.3) is 0 Å². The lowest BCUT2D eigenvalue weighted by Crippen LogP contribution is -2.01. The molecular weight excluding hydrogens is 164 g/mol. The number of rotatable bonds is 4. The van der Waals surface area contributed by atoms with Crippen LogP contribution < -0.4 is 0 Å². The fourth-order valence-electron chi connectivity index (χ4n) is 1.16. The Bertz CT molecular complexity index is 262. The molecule has 1 aliphatic heterocycles. The van der Waals surface area contributed by atoms with Gasteiger partial charge in [-0.2, -0.15) is 0 Å². The summed E-state index contributed by atoms with van der Waals surface area (Å²) in [7, 11) is 0. The normalized spacial score (nSPS) is 20.2. The van der Waals surface area contributed by atoms with E-state index in [-0.39, 0.29) is 0 Å². The van der Waals surface area contributed by atoms with Crippen LogP contribution in [0.25, 0.3) is 0 Å². The van der Waals surface area contributed by atoms with Crippen molar-refractivity contribution < 1.29 is 9.47 Å². The van der Waals surface area contributed by atoms with Gasteiger partial charge in [0.2, 0.25) is 0 Å².